The van der Waals surface area contributed by atoms with E-state index in [0.717, 1.165) is 0 Å². The molecule has 0 unspecified atom stereocenters. The second-order valence-corrected chi connectivity index (χ2v) is 3.29. The average Bonchev–Trinajstić information content (AvgIpc) is 2.76. The monoisotopic (exact) mass is 233 g/mol. The topological polar surface area (TPSA) is 77.3 Å². The molecule has 0 saturated carbocycles. The van der Waals surface area contributed by atoms with Crippen LogP contribution in [0.3, 0.4) is 0 Å². The lowest BCUT2D eigenvalue weighted by Gasteiger charge is -2.03. The molecule has 88 valence electrons. The van der Waals surface area contributed by atoms with Crippen LogP contribution in [0.15, 0.2) is 28.7 Å². The lowest BCUT2D eigenvalue weighted by molar-refractivity contribution is -0.114. The minimum absolute atomic E-state index is 0.0680. The second-order valence-electron chi connectivity index (χ2n) is 3.29. The Kier molecular flexibility index (Phi) is 3.04. The van der Waals surface area contributed by atoms with E-state index in [1.165, 1.54) is 6.92 Å². The van der Waals surface area contributed by atoms with Crippen LogP contribution in [0.4, 0.5) is 6.01 Å². The van der Waals surface area contributed by atoms with Crippen molar-refractivity contribution in [2.24, 2.45) is 0 Å². The molecular weight excluding hydrogens is 222 g/mol. The molecule has 0 radical (unpaired) electrons. The molecule has 0 aliphatic heterocycles. The molecule has 0 atom stereocenters. The van der Waals surface area contributed by atoms with Crippen molar-refractivity contribution in [2.45, 2.75) is 6.92 Å². The van der Waals surface area contributed by atoms with Crippen LogP contribution >= 0.6 is 0 Å². The fourth-order valence-electron chi connectivity index (χ4n) is 1.35. The molecule has 0 fully saturated rings. The first-order chi connectivity index (χ1) is 8.20. The van der Waals surface area contributed by atoms with Gasteiger partial charge in [0.15, 0.2) is 0 Å². The average molecular weight is 233 g/mol. The van der Waals surface area contributed by atoms with Gasteiger partial charge in [0.2, 0.25) is 5.91 Å². The predicted octanol–water partition coefficient (Wildman–Crippen LogP) is 1.70. The van der Waals surface area contributed by atoms with Crippen molar-refractivity contribution < 1.29 is 13.9 Å². The molecule has 17 heavy (non-hydrogen) atoms. The van der Waals surface area contributed by atoms with Crippen molar-refractivity contribution in [3.05, 3.63) is 24.3 Å². The van der Waals surface area contributed by atoms with Gasteiger partial charge in [-0.15, -0.1) is 5.10 Å². The molecule has 2 aromatic rings. The van der Waals surface area contributed by atoms with E-state index >= 15 is 0 Å². The third kappa shape index (κ3) is 2.41. The fourth-order valence-corrected chi connectivity index (χ4v) is 1.35. The highest BCUT2D eigenvalue weighted by atomic mass is 16.5. The van der Waals surface area contributed by atoms with E-state index in [1.807, 2.05) is 12.1 Å². The van der Waals surface area contributed by atoms with Gasteiger partial charge in [0.1, 0.15) is 5.75 Å². The Hall–Kier alpha value is -2.37. The number of anilines is 1. The molecule has 1 N–H and O–H groups in total. The number of nitrogens with zero attached hydrogens (tertiary/aromatic N) is 2. The van der Waals surface area contributed by atoms with Gasteiger partial charge >= 0.3 is 6.01 Å². The Labute approximate surface area is 97.6 Å². The number of benzene rings is 1. The molecule has 0 aliphatic rings. The second kappa shape index (κ2) is 4.65. The van der Waals surface area contributed by atoms with Crippen molar-refractivity contribution >= 4 is 11.9 Å². The lowest BCUT2D eigenvalue weighted by Crippen LogP contribution is -2.05. The van der Waals surface area contributed by atoms with Crippen LogP contribution < -0.4 is 10.1 Å². The molecule has 0 aliphatic carbocycles. The first kappa shape index (κ1) is 11.1. The van der Waals surface area contributed by atoms with Crippen molar-refractivity contribution in [1.29, 1.82) is 0 Å². The van der Waals surface area contributed by atoms with Crippen LogP contribution in [0, 0.1) is 0 Å². The summed E-state index contributed by atoms with van der Waals surface area (Å²) < 4.78 is 10.5. The first-order valence-electron chi connectivity index (χ1n) is 4.95. The maximum atomic E-state index is 10.8. The van der Waals surface area contributed by atoms with E-state index in [4.69, 9.17) is 9.15 Å². The third-order valence-electron chi connectivity index (χ3n) is 2.05. The predicted molar refractivity (Wildman–Crippen MR) is 60.6 cm³/mol. The van der Waals surface area contributed by atoms with Crippen LogP contribution in [0.2, 0.25) is 0 Å². The summed E-state index contributed by atoms with van der Waals surface area (Å²) in [6.07, 6.45) is 0. The summed E-state index contributed by atoms with van der Waals surface area (Å²) in [6, 6.07) is 7.33. The lowest BCUT2D eigenvalue weighted by atomic mass is 10.2. The number of carbonyl (C=O) groups excluding carboxylic acids is 1. The van der Waals surface area contributed by atoms with Gasteiger partial charge in [-0.2, -0.15) is 0 Å². The maximum Gasteiger partial charge on any atom is 0.322 e. The number of nitrogens with one attached hydrogen (secondary N) is 1. The molecule has 0 spiro atoms. The molecule has 1 heterocycles. The van der Waals surface area contributed by atoms with E-state index in [2.05, 4.69) is 15.5 Å². The molecule has 1 aromatic carbocycles. The first-order valence-corrected chi connectivity index (χ1v) is 4.95. The minimum Gasteiger partial charge on any atom is -0.496 e. The number of rotatable bonds is 3. The molecule has 1 aromatic heterocycles. The minimum atomic E-state index is -0.264. The number of para-hydroxylation sites is 1. The van der Waals surface area contributed by atoms with Crippen LogP contribution in [0.5, 0.6) is 5.75 Å². The van der Waals surface area contributed by atoms with Crippen LogP contribution in [0.25, 0.3) is 11.5 Å². The summed E-state index contributed by atoms with van der Waals surface area (Å²) in [4.78, 5) is 10.8. The Morgan fingerprint density at radius 3 is 2.82 bits per heavy atom. The molecule has 1 amide bonds. The smallest absolute Gasteiger partial charge is 0.322 e. The zero-order valence-electron chi connectivity index (χ0n) is 9.43. The van der Waals surface area contributed by atoms with Crippen molar-refractivity contribution in [2.75, 3.05) is 12.4 Å². The van der Waals surface area contributed by atoms with Crippen LogP contribution in [-0.2, 0) is 4.79 Å². The third-order valence-corrected chi connectivity index (χ3v) is 2.05. The molecule has 2 rings (SSSR count). The highest BCUT2D eigenvalue weighted by molar-refractivity contribution is 5.86. The van der Waals surface area contributed by atoms with Gasteiger partial charge in [-0.05, 0) is 12.1 Å². The van der Waals surface area contributed by atoms with Gasteiger partial charge in [-0.25, -0.2) is 0 Å². The Morgan fingerprint density at radius 1 is 1.35 bits per heavy atom. The number of methoxy groups -OCH3 is 1. The van der Waals surface area contributed by atoms with Gasteiger partial charge in [0, 0.05) is 6.92 Å². The maximum absolute atomic E-state index is 10.8. The number of ether oxygens (including phenoxy) is 1. The number of hydrogen-bond donors (Lipinski definition) is 1. The van der Waals surface area contributed by atoms with E-state index in [-0.39, 0.29) is 11.9 Å². The van der Waals surface area contributed by atoms with E-state index in [1.54, 1.807) is 19.2 Å². The number of aromatic nitrogens is 2. The molecular formula is C11H11N3O3. The Morgan fingerprint density at radius 2 is 2.12 bits per heavy atom. The number of hydrogen-bond acceptors (Lipinski definition) is 5. The van der Waals surface area contributed by atoms with Crippen LogP contribution in [-0.4, -0.2) is 23.2 Å². The Balaban J connectivity index is 2.33. The van der Waals surface area contributed by atoms with Gasteiger partial charge in [-0.1, -0.05) is 17.2 Å². The highest BCUT2D eigenvalue weighted by Crippen LogP contribution is 2.29. The molecule has 0 bridgehead atoms. The zero-order valence-corrected chi connectivity index (χ0v) is 9.43. The molecule has 6 heteroatoms. The molecule has 0 saturated heterocycles. The normalized spacial score (nSPS) is 10.0. The summed E-state index contributed by atoms with van der Waals surface area (Å²) in [6.45, 7) is 1.37. The fraction of sp³-hybridized carbons (Fsp3) is 0.182. The summed E-state index contributed by atoms with van der Waals surface area (Å²) in [5, 5.41) is 9.95. The summed E-state index contributed by atoms with van der Waals surface area (Å²) in [5.74, 6) is 0.664. The van der Waals surface area contributed by atoms with Gasteiger partial charge in [0.25, 0.3) is 5.89 Å². The SMILES string of the molecule is COc1ccccc1-c1nnc(NC(C)=O)o1. The van der Waals surface area contributed by atoms with Crippen LogP contribution in [0.1, 0.15) is 6.92 Å². The van der Waals surface area contributed by atoms with Crippen molar-refractivity contribution in [1.82, 2.24) is 10.2 Å². The van der Waals surface area contributed by atoms with E-state index in [9.17, 15) is 4.79 Å². The largest absolute Gasteiger partial charge is 0.496 e. The summed E-state index contributed by atoms with van der Waals surface area (Å²) >= 11 is 0. The summed E-state index contributed by atoms with van der Waals surface area (Å²) in [7, 11) is 1.56. The van der Waals surface area contributed by atoms with Crippen molar-refractivity contribution in [3.8, 4) is 17.2 Å². The molecule has 6 nitrogen and oxygen atoms in total. The zero-order chi connectivity index (χ0) is 12.3. The van der Waals surface area contributed by atoms with Gasteiger partial charge in [0.05, 0.1) is 12.7 Å². The highest BCUT2D eigenvalue weighted by Gasteiger charge is 2.13. The van der Waals surface area contributed by atoms with E-state index < -0.39 is 0 Å². The van der Waals surface area contributed by atoms with E-state index in [0.29, 0.717) is 17.2 Å². The van der Waals surface area contributed by atoms with Crippen molar-refractivity contribution in [3.63, 3.8) is 0 Å². The number of amides is 1. The van der Waals surface area contributed by atoms with Gasteiger partial charge in [-0.3, -0.25) is 10.1 Å². The van der Waals surface area contributed by atoms with Gasteiger partial charge < -0.3 is 9.15 Å². The number of carbonyl (C=O) groups is 1. The summed E-state index contributed by atoms with van der Waals surface area (Å²) in [5.41, 5.74) is 0.680. The Bertz CT molecular complexity index is 536. The quantitative estimate of drug-likeness (QED) is 0.873. The standard InChI is InChI=1S/C11H11N3O3/c1-7(15)12-11-14-13-10(17-11)8-5-3-4-6-9(8)16-2/h3-6H,1-2H3,(H,12,14,15).